The van der Waals surface area contributed by atoms with Crippen LogP contribution in [0.3, 0.4) is 0 Å². The molecule has 2 aromatic carbocycles. The molecule has 2 atom stereocenters. The van der Waals surface area contributed by atoms with E-state index >= 15 is 0 Å². The van der Waals surface area contributed by atoms with Crippen molar-refractivity contribution in [2.24, 2.45) is 0 Å². The monoisotopic (exact) mass is 443 g/mol. The fourth-order valence-electron chi connectivity index (χ4n) is 4.50. The number of ketones is 1. The Kier molecular flexibility index (Phi) is 6.01. The van der Waals surface area contributed by atoms with E-state index in [0.29, 0.717) is 35.8 Å². The highest BCUT2D eigenvalue weighted by Gasteiger charge is 2.40. The van der Waals surface area contributed by atoms with Gasteiger partial charge in [0, 0.05) is 40.6 Å². The Labute approximate surface area is 185 Å². The number of Topliss-reactive ketones (excluding diaryl/α,β-unsaturated/α-hetero) is 1. The Morgan fingerprint density at radius 1 is 1.13 bits per heavy atom. The summed E-state index contributed by atoms with van der Waals surface area (Å²) in [7, 11) is 1.57. The molecule has 5 nitrogen and oxygen atoms in total. The number of hydrogen-bond acceptors (Lipinski definition) is 4. The molecule has 0 radical (unpaired) electrons. The van der Waals surface area contributed by atoms with Gasteiger partial charge in [-0.3, -0.25) is 9.59 Å². The van der Waals surface area contributed by atoms with Crippen LogP contribution in [0.4, 0.5) is 4.39 Å². The molecule has 4 rings (SSSR count). The zero-order valence-corrected chi connectivity index (χ0v) is 18.1. The number of halogens is 2. The quantitative estimate of drug-likeness (QED) is 0.714. The van der Waals surface area contributed by atoms with Crippen LogP contribution in [0, 0.1) is 5.82 Å². The second-order valence-corrected chi connectivity index (χ2v) is 8.11. The van der Waals surface area contributed by atoms with Crippen molar-refractivity contribution in [3.05, 3.63) is 69.6 Å². The first-order valence-electron chi connectivity index (χ1n) is 10.2. The van der Waals surface area contributed by atoms with Crippen molar-refractivity contribution in [2.75, 3.05) is 13.7 Å². The summed E-state index contributed by atoms with van der Waals surface area (Å²) in [5.74, 6) is -0.451. The summed E-state index contributed by atoms with van der Waals surface area (Å²) in [6, 6.07) is 9.99. The van der Waals surface area contributed by atoms with Crippen molar-refractivity contribution in [1.29, 1.82) is 0 Å². The highest BCUT2D eigenvalue weighted by Crippen LogP contribution is 2.45. The Morgan fingerprint density at radius 2 is 1.94 bits per heavy atom. The second kappa shape index (κ2) is 8.71. The number of hydrogen-bond donors (Lipinski definition) is 1. The highest BCUT2D eigenvalue weighted by molar-refractivity contribution is 6.31. The van der Waals surface area contributed by atoms with Crippen molar-refractivity contribution in [3.8, 4) is 11.5 Å². The topological polar surface area (TPSA) is 64.6 Å². The molecule has 7 heteroatoms. The molecule has 162 valence electrons. The second-order valence-electron chi connectivity index (χ2n) is 7.70. The molecule has 1 aliphatic heterocycles. The van der Waals surface area contributed by atoms with E-state index in [2.05, 4.69) is 5.32 Å². The van der Waals surface area contributed by atoms with Gasteiger partial charge in [0.05, 0.1) is 13.7 Å². The number of carbonyl (C=O) groups is 2. The van der Waals surface area contributed by atoms with E-state index in [9.17, 15) is 14.0 Å². The highest BCUT2D eigenvalue weighted by atomic mass is 35.5. The third-order valence-corrected chi connectivity index (χ3v) is 6.17. The van der Waals surface area contributed by atoms with Crippen LogP contribution in [0.15, 0.2) is 47.7 Å². The van der Waals surface area contributed by atoms with E-state index in [1.165, 1.54) is 12.1 Å². The van der Waals surface area contributed by atoms with Gasteiger partial charge in [0.25, 0.3) is 0 Å². The van der Waals surface area contributed by atoms with E-state index in [4.69, 9.17) is 21.1 Å². The predicted octanol–water partition coefficient (Wildman–Crippen LogP) is 4.89. The molecule has 0 saturated heterocycles. The number of carbonyl (C=O) groups excluding carboxylic acids is 2. The lowest BCUT2D eigenvalue weighted by molar-refractivity contribution is -0.122. The SMILES string of the molecule is CCOc1ccc(C2CC(=O)C3=C(C2)NC(=O)CC3c2c(F)cccc2Cl)cc1OC. The molecular weight excluding hydrogens is 421 g/mol. The first kappa shape index (κ1) is 21.4. The van der Waals surface area contributed by atoms with Crippen LogP contribution < -0.4 is 14.8 Å². The van der Waals surface area contributed by atoms with E-state index in [-0.39, 0.29) is 41.0 Å². The smallest absolute Gasteiger partial charge is 0.225 e. The molecule has 2 aliphatic rings. The van der Waals surface area contributed by atoms with Gasteiger partial charge in [-0.2, -0.15) is 0 Å². The van der Waals surface area contributed by atoms with Crippen molar-refractivity contribution in [3.63, 3.8) is 0 Å². The van der Waals surface area contributed by atoms with Gasteiger partial charge in [0.2, 0.25) is 5.91 Å². The van der Waals surface area contributed by atoms with Crippen LogP contribution in [0.5, 0.6) is 11.5 Å². The van der Waals surface area contributed by atoms with Gasteiger partial charge >= 0.3 is 0 Å². The molecule has 1 aliphatic carbocycles. The Balaban J connectivity index is 1.71. The zero-order chi connectivity index (χ0) is 22.1. The van der Waals surface area contributed by atoms with Gasteiger partial charge in [-0.1, -0.05) is 23.7 Å². The lowest BCUT2D eigenvalue weighted by atomic mass is 9.73. The van der Waals surface area contributed by atoms with Gasteiger partial charge < -0.3 is 14.8 Å². The van der Waals surface area contributed by atoms with Crippen LogP contribution in [-0.4, -0.2) is 25.4 Å². The molecule has 1 N–H and O–H groups in total. The minimum atomic E-state index is -0.680. The van der Waals surface area contributed by atoms with Crippen LogP contribution in [0.2, 0.25) is 5.02 Å². The molecule has 0 bridgehead atoms. The molecule has 0 aromatic heterocycles. The molecule has 31 heavy (non-hydrogen) atoms. The molecule has 2 unspecified atom stereocenters. The maximum Gasteiger partial charge on any atom is 0.225 e. The van der Waals surface area contributed by atoms with Gasteiger partial charge in [0.1, 0.15) is 5.82 Å². The third kappa shape index (κ3) is 4.04. The molecule has 2 aromatic rings. The van der Waals surface area contributed by atoms with Crippen LogP contribution in [-0.2, 0) is 9.59 Å². The molecule has 0 saturated carbocycles. The van der Waals surface area contributed by atoms with Crippen molar-refractivity contribution in [1.82, 2.24) is 5.32 Å². The van der Waals surface area contributed by atoms with Crippen molar-refractivity contribution >= 4 is 23.3 Å². The summed E-state index contributed by atoms with van der Waals surface area (Å²) in [6.45, 7) is 2.41. The summed E-state index contributed by atoms with van der Waals surface area (Å²) >= 11 is 6.26. The normalized spacial score (nSPS) is 20.9. The van der Waals surface area contributed by atoms with E-state index < -0.39 is 11.7 Å². The molecule has 0 spiro atoms. The van der Waals surface area contributed by atoms with Gasteiger partial charge in [-0.05, 0) is 49.1 Å². The van der Waals surface area contributed by atoms with Crippen molar-refractivity contribution < 1.29 is 23.5 Å². The fourth-order valence-corrected chi connectivity index (χ4v) is 4.79. The lowest BCUT2D eigenvalue weighted by Crippen LogP contribution is -2.38. The first-order chi connectivity index (χ1) is 14.9. The number of methoxy groups -OCH3 is 1. The summed E-state index contributed by atoms with van der Waals surface area (Å²) in [5.41, 5.74) is 2.14. The van der Waals surface area contributed by atoms with E-state index in [0.717, 1.165) is 5.56 Å². The molecular formula is C24H23ClFNO4. The number of benzene rings is 2. The van der Waals surface area contributed by atoms with E-state index in [1.807, 2.05) is 25.1 Å². The predicted molar refractivity (Wildman–Crippen MR) is 115 cm³/mol. The Morgan fingerprint density at radius 3 is 2.65 bits per heavy atom. The number of nitrogens with one attached hydrogen (secondary N) is 1. The minimum absolute atomic E-state index is 0.00717. The number of rotatable bonds is 5. The molecule has 1 amide bonds. The maximum atomic E-state index is 14.6. The van der Waals surface area contributed by atoms with Crippen LogP contribution in [0.25, 0.3) is 0 Å². The lowest BCUT2D eigenvalue weighted by Gasteiger charge is -2.35. The third-order valence-electron chi connectivity index (χ3n) is 5.84. The Hall–Kier alpha value is -2.86. The molecule has 1 heterocycles. The zero-order valence-electron chi connectivity index (χ0n) is 17.3. The Bertz CT molecular complexity index is 1060. The number of ether oxygens (including phenoxy) is 2. The fraction of sp³-hybridized carbons (Fsp3) is 0.333. The minimum Gasteiger partial charge on any atom is -0.493 e. The average Bonchev–Trinajstić information content (AvgIpc) is 2.73. The summed E-state index contributed by atoms with van der Waals surface area (Å²) in [5, 5.41) is 3.07. The number of allylic oxidation sites excluding steroid dienone is 2. The molecule has 0 fully saturated rings. The van der Waals surface area contributed by atoms with Crippen molar-refractivity contribution in [2.45, 2.75) is 38.0 Å². The number of amides is 1. The van der Waals surface area contributed by atoms with Crippen LogP contribution in [0.1, 0.15) is 49.1 Å². The maximum absolute atomic E-state index is 14.6. The average molecular weight is 444 g/mol. The van der Waals surface area contributed by atoms with Gasteiger partial charge in [-0.25, -0.2) is 4.39 Å². The standard InChI is InChI=1S/C24H23ClFNO4/c1-3-31-20-8-7-13(11-21(20)30-2)14-9-18-24(19(28)10-14)15(12-22(29)27-18)23-16(25)5-4-6-17(23)26/h4-8,11,14-15H,3,9-10,12H2,1-2H3,(H,27,29). The van der Waals surface area contributed by atoms with Gasteiger partial charge in [-0.15, -0.1) is 0 Å². The summed E-state index contributed by atoms with van der Waals surface area (Å²) in [4.78, 5) is 25.7. The van der Waals surface area contributed by atoms with E-state index in [1.54, 1.807) is 13.2 Å². The van der Waals surface area contributed by atoms with Gasteiger partial charge in [0.15, 0.2) is 17.3 Å². The summed E-state index contributed by atoms with van der Waals surface area (Å²) < 4.78 is 25.6. The summed E-state index contributed by atoms with van der Waals surface area (Å²) in [6.07, 6.45) is 0.716. The first-order valence-corrected chi connectivity index (χ1v) is 10.6. The largest absolute Gasteiger partial charge is 0.493 e. The van der Waals surface area contributed by atoms with Crippen LogP contribution >= 0.6 is 11.6 Å².